The Bertz CT molecular complexity index is 458. The normalized spacial score (nSPS) is 15.4. The summed E-state index contributed by atoms with van der Waals surface area (Å²) in [7, 11) is 0. The van der Waals surface area contributed by atoms with Crippen molar-refractivity contribution in [3.8, 4) is 11.8 Å². The molecule has 17 heavy (non-hydrogen) atoms. The third-order valence-corrected chi connectivity index (χ3v) is 2.59. The third kappa shape index (κ3) is 2.90. The van der Waals surface area contributed by atoms with Crippen LogP contribution in [0.25, 0.3) is 0 Å². The van der Waals surface area contributed by atoms with Crippen LogP contribution in [0.2, 0.25) is 0 Å². The molecule has 0 unspecified atom stereocenters. The molecule has 0 bridgehead atoms. The fraction of sp³-hybridized carbons (Fsp3) is 0.417. The van der Waals surface area contributed by atoms with Crippen LogP contribution in [0.15, 0.2) is 18.2 Å². The van der Waals surface area contributed by atoms with Gasteiger partial charge < -0.3 is 4.74 Å². The Hall–Kier alpha value is -1.70. The molecule has 0 amide bonds. The Morgan fingerprint density at radius 2 is 2.06 bits per heavy atom. The van der Waals surface area contributed by atoms with Crippen molar-refractivity contribution in [3.63, 3.8) is 0 Å². The van der Waals surface area contributed by atoms with Crippen molar-refractivity contribution in [1.29, 1.82) is 5.26 Å². The summed E-state index contributed by atoms with van der Waals surface area (Å²) in [5.41, 5.74) is -0.895. The van der Waals surface area contributed by atoms with Crippen LogP contribution in [0.1, 0.15) is 24.0 Å². The molecule has 1 aliphatic carbocycles. The molecule has 0 aromatic heterocycles. The van der Waals surface area contributed by atoms with Gasteiger partial charge in [0.05, 0.1) is 23.8 Å². The summed E-state index contributed by atoms with van der Waals surface area (Å²) in [5.74, 6) is 0.190. The van der Waals surface area contributed by atoms with Gasteiger partial charge in [0.25, 0.3) is 0 Å². The zero-order valence-corrected chi connectivity index (χ0v) is 8.92. The zero-order valence-electron chi connectivity index (χ0n) is 8.92. The van der Waals surface area contributed by atoms with E-state index in [-0.39, 0.29) is 11.3 Å². The number of hydrogen-bond acceptors (Lipinski definition) is 2. The maximum Gasteiger partial charge on any atom is 0.420 e. The van der Waals surface area contributed by atoms with Crippen molar-refractivity contribution >= 4 is 0 Å². The van der Waals surface area contributed by atoms with E-state index in [1.807, 2.05) is 0 Å². The smallest absolute Gasteiger partial charge is 0.420 e. The van der Waals surface area contributed by atoms with Gasteiger partial charge in [-0.2, -0.15) is 18.4 Å². The first-order valence-electron chi connectivity index (χ1n) is 5.25. The average molecular weight is 241 g/mol. The van der Waals surface area contributed by atoms with Gasteiger partial charge in [-0.15, -0.1) is 0 Å². The van der Waals surface area contributed by atoms with Gasteiger partial charge in [0.1, 0.15) is 5.75 Å². The van der Waals surface area contributed by atoms with Crippen molar-refractivity contribution in [3.05, 3.63) is 29.3 Å². The lowest BCUT2D eigenvalue weighted by atomic mass is 10.1. The lowest BCUT2D eigenvalue weighted by molar-refractivity contribution is -0.139. The van der Waals surface area contributed by atoms with Crippen molar-refractivity contribution in [2.75, 3.05) is 6.61 Å². The van der Waals surface area contributed by atoms with Gasteiger partial charge in [-0.1, -0.05) is 0 Å². The first-order valence-corrected chi connectivity index (χ1v) is 5.25. The number of nitriles is 1. The first kappa shape index (κ1) is 11.8. The molecule has 0 spiro atoms. The minimum Gasteiger partial charge on any atom is -0.493 e. The summed E-state index contributed by atoms with van der Waals surface area (Å²) in [6, 6.07) is 5.05. The standard InChI is InChI=1S/C12H10F3NO/c13-12(14,15)10-5-9(6-16)3-4-11(10)17-7-8-1-2-8/h3-5,8H,1-2,7H2. The molecule has 0 saturated heterocycles. The van der Waals surface area contributed by atoms with Crippen molar-refractivity contribution < 1.29 is 17.9 Å². The first-order chi connectivity index (χ1) is 8.00. The minimum atomic E-state index is -4.49. The van der Waals surface area contributed by atoms with Crippen LogP contribution in [0.4, 0.5) is 13.2 Å². The summed E-state index contributed by atoms with van der Waals surface area (Å²) in [6.07, 6.45) is -2.47. The average Bonchev–Trinajstić information content (AvgIpc) is 3.08. The molecule has 0 heterocycles. The quantitative estimate of drug-likeness (QED) is 0.812. The number of ether oxygens (including phenoxy) is 1. The molecule has 1 aromatic carbocycles. The van der Waals surface area contributed by atoms with Crippen LogP contribution in [0.5, 0.6) is 5.75 Å². The predicted octanol–water partition coefficient (Wildman–Crippen LogP) is 3.37. The van der Waals surface area contributed by atoms with E-state index in [1.54, 1.807) is 6.07 Å². The van der Waals surface area contributed by atoms with Crippen LogP contribution in [0, 0.1) is 17.2 Å². The van der Waals surface area contributed by atoms with Crippen LogP contribution in [-0.2, 0) is 6.18 Å². The second-order valence-corrected chi connectivity index (χ2v) is 4.07. The molecule has 90 valence electrons. The molecule has 1 aromatic rings. The Morgan fingerprint density at radius 1 is 1.35 bits per heavy atom. The fourth-order valence-electron chi connectivity index (χ4n) is 1.44. The van der Waals surface area contributed by atoms with E-state index in [0.29, 0.717) is 12.5 Å². The van der Waals surface area contributed by atoms with Crippen molar-refractivity contribution in [2.45, 2.75) is 19.0 Å². The van der Waals surface area contributed by atoms with Crippen LogP contribution in [-0.4, -0.2) is 6.61 Å². The SMILES string of the molecule is N#Cc1ccc(OCC2CC2)c(C(F)(F)F)c1. The van der Waals surface area contributed by atoms with E-state index >= 15 is 0 Å². The largest absolute Gasteiger partial charge is 0.493 e. The molecular weight excluding hydrogens is 231 g/mol. The number of alkyl halides is 3. The Morgan fingerprint density at radius 3 is 2.59 bits per heavy atom. The molecule has 1 fully saturated rings. The molecular formula is C12H10F3NO. The molecule has 1 saturated carbocycles. The lowest BCUT2D eigenvalue weighted by Crippen LogP contribution is -2.10. The van der Waals surface area contributed by atoms with Crippen LogP contribution >= 0.6 is 0 Å². The second-order valence-electron chi connectivity index (χ2n) is 4.07. The predicted molar refractivity (Wildman–Crippen MR) is 54.4 cm³/mol. The van der Waals surface area contributed by atoms with E-state index in [2.05, 4.69) is 0 Å². The van der Waals surface area contributed by atoms with Gasteiger partial charge in [-0.25, -0.2) is 0 Å². The van der Waals surface area contributed by atoms with E-state index < -0.39 is 11.7 Å². The maximum atomic E-state index is 12.7. The molecule has 0 aliphatic heterocycles. The summed E-state index contributed by atoms with van der Waals surface area (Å²) >= 11 is 0. The second kappa shape index (κ2) is 4.28. The highest BCUT2D eigenvalue weighted by atomic mass is 19.4. The van der Waals surface area contributed by atoms with E-state index in [9.17, 15) is 13.2 Å². The minimum absolute atomic E-state index is 0.0175. The number of nitrogens with zero attached hydrogens (tertiary/aromatic N) is 1. The monoisotopic (exact) mass is 241 g/mol. The van der Waals surface area contributed by atoms with Crippen molar-refractivity contribution in [2.24, 2.45) is 5.92 Å². The van der Waals surface area contributed by atoms with Gasteiger partial charge in [-0.3, -0.25) is 0 Å². The Balaban J connectivity index is 2.25. The summed E-state index contributed by atoms with van der Waals surface area (Å²) in [4.78, 5) is 0. The molecule has 0 radical (unpaired) electrons. The third-order valence-electron chi connectivity index (χ3n) is 2.59. The zero-order chi connectivity index (χ0) is 12.5. The van der Waals surface area contributed by atoms with Gasteiger partial charge in [0.2, 0.25) is 0 Å². The molecule has 5 heteroatoms. The number of hydrogen-bond donors (Lipinski definition) is 0. The lowest BCUT2D eigenvalue weighted by Gasteiger charge is -2.13. The number of halogens is 3. The van der Waals surface area contributed by atoms with Crippen LogP contribution < -0.4 is 4.74 Å². The Labute approximate surface area is 96.6 Å². The Kier molecular flexibility index (Phi) is 2.97. The number of benzene rings is 1. The van der Waals surface area contributed by atoms with Crippen LogP contribution in [0.3, 0.4) is 0 Å². The van der Waals surface area contributed by atoms with Gasteiger partial charge in [-0.05, 0) is 37.0 Å². The maximum absolute atomic E-state index is 12.7. The van der Waals surface area contributed by atoms with Gasteiger partial charge in [0.15, 0.2) is 0 Å². The molecule has 0 atom stereocenters. The summed E-state index contributed by atoms with van der Waals surface area (Å²) < 4.78 is 43.3. The fourth-order valence-corrected chi connectivity index (χ4v) is 1.44. The molecule has 2 nitrogen and oxygen atoms in total. The van der Waals surface area contributed by atoms with Gasteiger partial charge in [0, 0.05) is 0 Å². The van der Waals surface area contributed by atoms with Gasteiger partial charge >= 0.3 is 6.18 Å². The van der Waals surface area contributed by atoms with E-state index in [0.717, 1.165) is 18.9 Å². The van der Waals surface area contributed by atoms with Crippen molar-refractivity contribution in [1.82, 2.24) is 0 Å². The van der Waals surface area contributed by atoms with E-state index in [4.69, 9.17) is 10.00 Å². The highest BCUT2D eigenvalue weighted by Gasteiger charge is 2.35. The molecule has 1 aliphatic rings. The highest BCUT2D eigenvalue weighted by molar-refractivity contribution is 5.43. The number of rotatable bonds is 3. The molecule has 0 N–H and O–H groups in total. The molecule has 2 rings (SSSR count). The summed E-state index contributed by atoms with van der Waals surface area (Å²) in [5, 5.41) is 8.59. The highest BCUT2D eigenvalue weighted by Crippen LogP contribution is 2.38. The van der Waals surface area contributed by atoms with E-state index in [1.165, 1.54) is 12.1 Å². The topological polar surface area (TPSA) is 33.0 Å². The summed E-state index contributed by atoms with van der Waals surface area (Å²) in [6.45, 7) is 0.314.